The van der Waals surface area contributed by atoms with Crippen molar-refractivity contribution in [2.45, 2.75) is 152 Å². The van der Waals surface area contributed by atoms with Crippen LogP contribution in [0.25, 0.3) is 5.52 Å². The molecular formula is C39H61N4O9P. The topological polar surface area (TPSA) is 180 Å². The molecule has 0 radical (unpaired) electrons. The highest BCUT2D eigenvalue weighted by atomic mass is 31.2. The predicted octanol–water partition coefficient (Wildman–Crippen LogP) is 7.26. The maximum atomic E-state index is 13.1. The van der Waals surface area contributed by atoms with E-state index in [9.17, 15) is 19.7 Å². The van der Waals surface area contributed by atoms with E-state index in [-0.39, 0.29) is 19.0 Å². The number of nitrogens with zero attached hydrogens (tertiary/aromatic N) is 3. The molecule has 1 aliphatic carbocycles. The molecule has 296 valence electrons. The number of phosphoric acid groups is 1. The van der Waals surface area contributed by atoms with Crippen LogP contribution in [0.1, 0.15) is 122 Å². The molecule has 7 atom stereocenters. The molecule has 5 rings (SSSR count). The number of hydrogen-bond donors (Lipinski definition) is 4. The molecule has 1 saturated carbocycles. The molecule has 14 heteroatoms. The minimum atomic E-state index is -4.72. The lowest BCUT2D eigenvalue weighted by Crippen LogP contribution is -2.46. The lowest BCUT2D eigenvalue weighted by molar-refractivity contribution is -0.126. The first kappa shape index (κ1) is 41.6. The Labute approximate surface area is 314 Å². The number of aromatic nitrogens is 3. The summed E-state index contributed by atoms with van der Waals surface area (Å²) in [4.78, 5) is 14.6. The van der Waals surface area contributed by atoms with E-state index in [0.717, 1.165) is 12.8 Å². The summed E-state index contributed by atoms with van der Waals surface area (Å²) >= 11 is 0. The second-order valence-electron chi connectivity index (χ2n) is 14.8. The molecule has 3 heterocycles. The summed E-state index contributed by atoms with van der Waals surface area (Å²) in [5.41, 5.74) is 3.52. The number of phosphoric ester groups is 1. The third-order valence-corrected chi connectivity index (χ3v) is 11.5. The van der Waals surface area contributed by atoms with Crippen LogP contribution in [0.15, 0.2) is 48.8 Å². The SMILES string of the molecule is CCCCCCCCCCCCCCCCCCOC[C@H](COP(=O)(O)OC1[C@H]2O[C@@](C)(c3ccc4c(N)ncnn34)[C@H](O)[C@@]12O)Oc1ccccc1. The summed E-state index contributed by atoms with van der Waals surface area (Å²) < 4.78 is 43.2. The Morgan fingerprint density at radius 2 is 1.51 bits per heavy atom. The van der Waals surface area contributed by atoms with Crippen LogP contribution in [0.2, 0.25) is 0 Å². The van der Waals surface area contributed by atoms with Crippen LogP contribution in [-0.4, -0.2) is 79.5 Å². The number of rotatable bonds is 27. The number of aliphatic hydroxyl groups excluding tert-OH is 1. The summed E-state index contributed by atoms with van der Waals surface area (Å²) in [6.45, 7) is 4.24. The van der Waals surface area contributed by atoms with Crippen molar-refractivity contribution in [3.63, 3.8) is 0 Å². The first-order chi connectivity index (χ1) is 25.6. The van der Waals surface area contributed by atoms with E-state index in [2.05, 4.69) is 17.0 Å². The molecule has 1 aromatic carbocycles. The van der Waals surface area contributed by atoms with Crippen LogP contribution in [0, 0.1) is 0 Å². The second kappa shape index (κ2) is 19.8. The van der Waals surface area contributed by atoms with Crippen molar-refractivity contribution >= 4 is 19.2 Å². The molecule has 0 bridgehead atoms. The van der Waals surface area contributed by atoms with Gasteiger partial charge in [-0.3, -0.25) is 9.05 Å². The number of ether oxygens (including phenoxy) is 3. The number of nitrogens with two attached hydrogens (primary N) is 1. The molecule has 0 amide bonds. The standard InChI is InChI=1S/C39H61N4O9P/c1-3-4-5-6-7-8-9-10-11-12-13-14-15-16-17-21-26-48-27-31(50-30-22-19-18-20-23-30)28-49-53(46,47)52-35-34-39(35,45)37(44)38(2,51-34)33-25-24-32-36(40)41-29-42-43(32)33/h18-20,22-25,29,31,34-35,37,44-45H,3-17,21,26-28H2,1-2H3,(H,46,47)(H2,40,41,42)/t31-,34-,35?,37+,38+,39+/m1/s1. The molecule has 1 aliphatic heterocycles. The Morgan fingerprint density at radius 1 is 0.906 bits per heavy atom. The number of unbranched alkanes of at least 4 members (excludes halogenated alkanes) is 15. The molecule has 2 fully saturated rings. The van der Waals surface area contributed by atoms with Crippen molar-refractivity contribution in [3.8, 4) is 5.75 Å². The Balaban J connectivity index is 0.985. The number of nitrogen functional groups attached to an aromatic ring is 1. The Bertz CT molecular complexity index is 1580. The normalized spacial score (nSPS) is 25.3. The van der Waals surface area contributed by atoms with E-state index < -0.39 is 43.4 Å². The van der Waals surface area contributed by atoms with Crippen LogP contribution in [0.4, 0.5) is 5.82 Å². The van der Waals surface area contributed by atoms with Crippen molar-refractivity contribution in [1.29, 1.82) is 0 Å². The van der Waals surface area contributed by atoms with Crippen molar-refractivity contribution in [2.75, 3.05) is 25.6 Å². The number of para-hydroxylation sites is 1. The van der Waals surface area contributed by atoms with Crippen molar-refractivity contribution in [1.82, 2.24) is 14.6 Å². The highest BCUT2D eigenvalue weighted by Crippen LogP contribution is 2.63. The fourth-order valence-corrected chi connectivity index (χ4v) is 8.34. The van der Waals surface area contributed by atoms with Gasteiger partial charge in [0.05, 0.1) is 18.9 Å². The average Bonchev–Trinajstić information content (AvgIpc) is 3.40. The minimum absolute atomic E-state index is 0.142. The highest BCUT2D eigenvalue weighted by Gasteiger charge is 2.82. The molecule has 2 unspecified atom stereocenters. The number of anilines is 1. The van der Waals surface area contributed by atoms with E-state index in [0.29, 0.717) is 23.6 Å². The number of aliphatic hydroxyl groups is 2. The smallest absolute Gasteiger partial charge is 0.472 e. The predicted molar refractivity (Wildman–Crippen MR) is 202 cm³/mol. The summed E-state index contributed by atoms with van der Waals surface area (Å²) in [6.07, 6.45) is 17.4. The second-order valence-corrected chi connectivity index (χ2v) is 16.2. The molecular weight excluding hydrogens is 699 g/mol. The first-order valence-corrected chi connectivity index (χ1v) is 21.2. The van der Waals surface area contributed by atoms with Gasteiger partial charge in [-0.2, -0.15) is 5.10 Å². The monoisotopic (exact) mass is 760 g/mol. The van der Waals surface area contributed by atoms with E-state index >= 15 is 0 Å². The van der Waals surface area contributed by atoms with Gasteiger partial charge >= 0.3 is 7.82 Å². The zero-order valence-corrected chi connectivity index (χ0v) is 32.4. The van der Waals surface area contributed by atoms with E-state index in [1.807, 2.05) is 18.2 Å². The number of hydrogen-bond acceptors (Lipinski definition) is 11. The maximum Gasteiger partial charge on any atom is 0.472 e. The molecule has 5 N–H and O–H groups in total. The fourth-order valence-electron chi connectivity index (χ4n) is 7.36. The molecule has 3 aromatic rings. The van der Waals surface area contributed by atoms with Gasteiger partial charge in [-0.05, 0) is 37.6 Å². The molecule has 53 heavy (non-hydrogen) atoms. The third-order valence-electron chi connectivity index (χ3n) is 10.6. The number of fused-ring (bicyclic) bond motifs is 2. The van der Waals surface area contributed by atoms with Crippen molar-refractivity contribution in [2.24, 2.45) is 0 Å². The maximum absolute atomic E-state index is 13.1. The van der Waals surface area contributed by atoms with Crippen LogP contribution in [-0.2, 0) is 28.7 Å². The molecule has 2 aromatic heterocycles. The van der Waals surface area contributed by atoms with Gasteiger partial charge in [0.1, 0.15) is 47.6 Å². The van der Waals surface area contributed by atoms with E-state index in [4.69, 9.17) is 29.0 Å². The summed E-state index contributed by atoms with van der Waals surface area (Å²) in [7, 11) is -4.72. The summed E-state index contributed by atoms with van der Waals surface area (Å²) in [6, 6.07) is 12.4. The zero-order valence-electron chi connectivity index (χ0n) is 31.5. The van der Waals surface area contributed by atoms with Gasteiger partial charge in [-0.25, -0.2) is 14.1 Å². The van der Waals surface area contributed by atoms with E-state index in [1.165, 1.54) is 101 Å². The Morgan fingerprint density at radius 3 is 2.09 bits per heavy atom. The minimum Gasteiger partial charge on any atom is -0.486 e. The van der Waals surface area contributed by atoms with Gasteiger partial charge in [0.15, 0.2) is 11.4 Å². The third kappa shape index (κ3) is 11.0. The van der Waals surface area contributed by atoms with Gasteiger partial charge in [-0.1, -0.05) is 121 Å². The van der Waals surface area contributed by atoms with Crippen molar-refractivity contribution in [3.05, 3.63) is 54.5 Å². The molecule has 1 saturated heterocycles. The molecule has 2 aliphatic rings. The lowest BCUT2D eigenvalue weighted by Gasteiger charge is -2.32. The Kier molecular flexibility index (Phi) is 15.5. The summed E-state index contributed by atoms with van der Waals surface area (Å²) in [5, 5.41) is 26.8. The Hall–Kier alpha value is -2.61. The largest absolute Gasteiger partial charge is 0.486 e. The molecule has 0 spiro atoms. The van der Waals surface area contributed by atoms with E-state index in [1.54, 1.807) is 31.2 Å². The highest BCUT2D eigenvalue weighted by molar-refractivity contribution is 7.47. The lowest BCUT2D eigenvalue weighted by atomic mass is 9.91. The van der Waals surface area contributed by atoms with Crippen LogP contribution >= 0.6 is 7.82 Å². The quantitative estimate of drug-likeness (QED) is 0.0452. The van der Waals surface area contributed by atoms with Crippen molar-refractivity contribution < 1.29 is 42.9 Å². The van der Waals surface area contributed by atoms with Gasteiger partial charge in [-0.15, -0.1) is 0 Å². The van der Waals surface area contributed by atoms with Crippen LogP contribution < -0.4 is 10.5 Å². The van der Waals surface area contributed by atoms with Gasteiger partial charge in [0.2, 0.25) is 0 Å². The van der Waals surface area contributed by atoms with Gasteiger partial charge in [0.25, 0.3) is 0 Å². The molecule has 13 nitrogen and oxygen atoms in total. The van der Waals surface area contributed by atoms with Gasteiger partial charge < -0.3 is 35.1 Å². The van der Waals surface area contributed by atoms with Gasteiger partial charge in [0, 0.05) is 6.61 Å². The zero-order chi connectivity index (χ0) is 37.7. The fraction of sp³-hybridized carbons (Fsp3) is 0.692. The number of benzene rings is 1. The average molecular weight is 761 g/mol. The van der Waals surface area contributed by atoms with Crippen LogP contribution in [0.5, 0.6) is 5.75 Å². The summed E-state index contributed by atoms with van der Waals surface area (Å²) in [5.74, 6) is 0.804. The van der Waals surface area contributed by atoms with Crippen LogP contribution in [0.3, 0.4) is 0 Å². The first-order valence-electron chi connectivity index (χ1n) is 19.7.